The third-order valence-corrected chi connectivity index (χ3v) is 9.39. The Hall–Kier alpha value is -0.450. The number of hydrogen-bond acceptors (Lipinski definition) is 4. The first-order valence-electron chi connectivity index (χ1n) is 10.3. The third-order valence-electron chi connectivity index (χ3n) is 9.39. The summed E-state index contributed by atoms with van der Waals surface area (Å²) in [6.45, 7) is 4.00. The lowest BCUT2D eigenvalue weighted by Gasteiger charge is -2.61. The lowest BCUT2D eigenvalue weighted by Crippen LogP contribution is -2.59. The molecule has 4 heteroatoms. The molecule has 4 rings (SSSR count). The zero-order valence-corrected chi connectivity index (χ0v) is 15.7. The van der Waals surface area contributed by atoms with Gasteiger partial charge in [0.1, 0.15) is 12.2 Å². The van der Waals surface area contributed by atoms with E-state index in [4.69, 9.17) is 0 Å². The average Bonchev–Trinajstić information content (AvgIpc) is 2.87. The second-order valence-electron chi connectivity index (χ2n) is 10.0. The highest BCUT2D eigenvalue weighted by Gasteiger charge is 2.66. The summed E-state index contributed by atoms with van der Waals surface area (Å²) in [5.74, 6) is 1.87. The van der Waals surface area contributed by atoms with Crippen LogP contribution < -0.4 is 0 Å². The molecule has 3 N–H and O–H groups in total. The van der Waals surface area contributed by atoms with Crippen molar-refractivity contribution in [3.05, 3.63) is 0 Å². The van der Waals surface area contributed by atoms with Crippen LogP contribution in [0.25, 0.3) is 0 Å². The second kappa shape index (κ2) is 5.77. The van der Waals surface area contributed by atoms with Crippen LogP contribution >= 0.6 is 0 Å². The molecule has 0 aromatic heterocycles. The molecule has 4 fully saturated rings. The highest BCUT2D eigenvalue weighted by Crippen LogP contribution is 2.68. The number of fused-ring (bicyclic) bond motifs is 5. The normalized spacial score (nSPS) is 55.2. The molecule has 0 amide bonds. The van der Waals surface area contributed by atoms with Gasteiger partial charge in [0.2, 0.25) is 0 Å². The van der Waals surface area contributed by atoms with Gasteiger partial charge in [-0.05, 0) is 86.9 Å². The monoisotopic (exact) mass is 350 g/mol. The summed E-state index contributed by atoms with van der Waals surface area (Å²) in [4.78, 5) is 12.4. The predicted octanol–water partition coefficient (Wildman–Crippen LogP) is 2.68. The van der Waals surface area contributed by atoms with Crippen molar-refractivity contribution in [2.24, 2.45) is 34.5 Å². The molecule has 0 radical (unpaired) electrons. The van der Waals surface area contributed by atoms with Crippen LogP contribution in [0.2, 0.25) is 0 Å². The van der Waals surface area contributed by atoms with Crippen LogP contribution in [0.4, 0.5) is 0 Å². The van der Waals surface area contributed by atoms with Crippen molar-refractivity contribution >= 4 is 5.78 Å². The number of Topliss-reactive ketones (excluding diaryl/α,β-unsaturated/α-hetero) is 1. The number of ketones is 1. The molecular weight excluding hydrogens is 316 g/mol. The quantitative estimate of drug-likeness (QED) is 0.715. The molecule has 4 saturated carbocycles. The minimum Gasteiger partial charge on any atom is -0.393 e. The fourth-order valence-electron chi connectivity index (χ4n) is 7.84. The van der Waals surface area contributed by atoms with E-state index in [1.54, 1.807) is 0 Å². The summed E-state index contributed by atoms with van der Waals surface area (Å²) in [5, 5.41) is 30.7. The van der Waals surface area contributed by atoms with E-state index in [2.05, 4.69) is 13.8 Å². The molecule has 8 atom stereocenters. The van der Waals surface area contributed by atoms with Crippen molar-refractivity contribution in [3.8, 4) is 0 Å². The number of carbonyl (C=O) groups is 1. The molecule has 0 aromatic carbocycles. The zero-order valence-electron chi connectivity index (χ0n) is 15.7. The summed E-state index contributed by atoms with van der Waals surface area (Å²) in [6.07, 6.45) is 8.58. The Morgan fingerprint density at radius 1 is 1.00 bits per heavy atom. The van der Waals surface area contributed by atoms with Crippen molar-refractivity contribution in [1.82, 2.24) is 0 Å². The Kier molecular flexibility index (Phi) is 4.14. The molecule has 0 bridgehead atoms. The minimum atomic E-state index is -1.34. The smallest absolute Gasteiger partial charge is 0.190 e. The lowest BCUT2D eigenvalue weighted by molar-refractivity contribution is -0.174. The van der Waals surface area contributed by atoms with Gasteiger partial charge in [0.15, 0.2) is 5.78 Å². The van der Waals surface area contributed by atoms with Gasteiger partial charge in [0.05, 0.1) is 6.10 Å². The maximum absolute atomic E-state index is 12.4. The van der Waals surface area contributed by atoms with Crippen LogP contribution in [-0.2, 0) is 4.79 Å². The van der Waals surface area contributed by atoms with Crippen molar-refractivity contribution < 1.29 is 20.1 Å². The van der Waals surface area contributed by atoms with Crippen LogP contribution in [0.5, 0.6) is 0 Å². The van der Waals surface area contributed by atoms with E-state index in [0.717, 1.165) is 38.5 Å². The van der Waals surface area contributed by atoms with Crippen molar-refractivity contribution in [3.63, 3.8) is 0 Å². The minimum absolute atomic E-state index is 0.123. The van der Waals surface area contributed by atoms with Crippen molar-refractivity contribution in [1.29, 1.82) is 0 Å². The van der Waals surface area contributed by atoms with Gasteiger partial charge < -0.3 is 15.3 Å². The number of rotatable bonds is 2. The van der Waals surface area contributed by atoms with Gasteiger partial charge in [0, 0.05) is 5.41 Å². The molecule has 4 aliphatic rings. The zero-order chi connectivity index (χ0) is 18.0. The number of aliphatic hydroxyl groups excluding tert-OH is 2. The molecule has 0 unspecified atom stereocenters. The standard InChI is InChI=1S/C21H34O4/c1-19-8-5-14(23)11-13(19)3-4-15-16(19)6-9-20(2)17(15)7-10-21(20,25)18(24)12-22/h13-17,22-23,25H,3-12H2,1-2H3/t13-,14+,15-,16+,17+,19-,20+,21+/m0/s1. The lowest BCUT2D eigenvalue weighted by atomic mass is 9.44. The maximum atomic E-state index is 12.4. The molecule has 0 aliphatic heterocycles. The van der Waals surface area contributed by atoms with Gasteiger partial charge in [-0.15, -0.1) is 0 Å². The van der Waals surface area contributed by atoms with Gasteiger partial charge in [0.25, 0.3) is 0 Å². The highest BCUT2D eigenvalue weighted by atomic mass is 16.3. The first-order valence-corrected chi connectivity index (χ1v) is 10.3. The molecule has 25 heavy (non-hydrogen) atoms. The summed E-state index contributed by atoms with van der Waals surface area (Å²) in [5.41, 5.74) is -1.41. The Morgan fingerprint density at radius 3 is 2.44 bits per heavy atom. The Bertz CT molecular complexity index is 562. The van der Waals surface area contributed by atoms with E-state index in [1.165, 1.54) is 12.8 Å². The van der Waals surface area contributed by atoms with E-state index in [9.17, 15) is 20.1 Å². The number of aliphatic hydroxyl groups is 3. The second-order valence-corrected chi connectivity index (χ2v) is 10.0. The first-order chi connectivity index (χ1) is 11.8. The van der Waals surface area contributed by atoms with Gasteiger partial charge in [-0.1, -0.05) is 13.8 Å². The molecular formula is C21H34O4. The van der Waals surface area contributed by atoms with Gasteiger partial charge in [-0.25, -0.2) is 0 Å². The average molecular weight is 350 g/mol. The van der Waals surface area contributed by atoms with E-state index in [1.807, 2.05) is 0 Å². The van der Waals surface area contributed by atoms with E-state index < -0.39 is 12.2 Å². The number of carbonyl (C=O) groups excluding carboxylic acids is 1. The summed E-state index contributed by atoms with van der Waals surface area (Å²) < 4.78 is 0. The largest absolute Gasteiger partial charge is 0.393 e. The van der Waals surface area contributed by atoms with Crippen LogP contribution in [0.1, 0.15) is 71.6 Å². The fraction of sp³-hybridized carbons (Fsp3) is 0.952. The summed E-state index contributed by atoms with van der Waals surface area (Å²) in [7, 11) is 0. The van der Waals surface area contributed by atoms with Crippen LogP contribution in [0.3, 0.4) is 0 Å². The molecule has 0 heterocycles. The number of hydrogen-bond donors (Lipinski definition) is 3. The Balaban J connectivity index is 1.63. The van der Waals surface area contributed by atoms with E-state index in [-0.39, 0.29) is 17.3 Å². The van der Waals surface area contributed by atoms with Crippen LogP contribution in [0.15, 0.2) is 0 Å². The molecule has 0 saturated heterocycles. The molecule has 142 valence electrons. The van der Waals surface area contributed by atoms with Gasteiger partial charge in [-0.2, -0.15) is 0 Å². The summed E-state index contributed by atoms with van der Waals surface area (Å²) >= 11 is 0. The predicted molar refractivity (Wildman–Crippen MR) is 94.8 cm³/mol. The topological polar surface area (TPSA) is 77.8 Å². The Morgan fingerprint density at radius 2 is 1.72 bits per heavy atom. The van der Waals surface area contributed by atoms with Crippen LogP contribution in [0, 0.1) is 34.5 Å². The van der Waals surface area contributed by atoms with E-state index in [0.29, 0.717) is 35.5 Å². The Labute approximate surface area is 151 Å². The molecule has 4 aliphatic carbocycles. The van der Waals surface area contributed by atoms with Gasteiger partial charge >= 0.3 is 0 Å². The molecule has 0 aromatic rings. The summed E-state index contributed by atoms with van der Waals surface area (Å²) in [6, 6.07) is 0. The van der Waals surface area contributed by atoms with E-state index >= 15 is 0 Å². The third kappa shape index (κ3) is 2.26. The van der Waals surface area contributed by atoms with Crippen molar-refractivity contribution in [2.75, 3.05) is 6.61 Å². The SMILES string of the molecule is C[C@]12CC[C@@H](O)C[C@@H]1CC[C@H]1[C@H]2CC[C@]2(C)[C@@H]1CC[C@@]2(O)C(=O)CO. The first kappa shape index (κ1) is 17.9. The fourth-order valence-corrected chi connectivity index (χ4v) is 7.84. The van der Waals surface area contributed by atoms with Gasteiger partial charge in [-0.3, -0.25) is 4.79 Å². The highest BCUT2D eigenvalue weighted by molar-refractivity contribution is 5.89. The molecule has 4 nitrogen and oxygen atoms in total. The molecule has 0 spiro atoms. The van der Waals surface area contributed by atoms with Crippen molar-refractivity contribution in [2.45, 2.75) is 83.3 Å². The maximum Gasteiger partial charge on any atom is 0.190 e. The van der Waals surface area contributed by atoms with Crippen LogP contribution in [-0.4, -0.2) is 39.4 Å².